The summed E-state index contributed by atoms with van der Waals surface area (Å²) in [6, 6.07) is 21.2. The van der Waals surface area contributed by atoms with Crippen molar-refractivity contribution in [1.82, 2.24) is 0 Å². The molecule has 0 spiro atoms. The van der Waals surface area contributed by atoms with Crippen LogP contribution in [0, 0.1) is 0 Å². The smallest absolute Gasteiger partial charge is 0.327 e. The Morgan fingerprint density at radius 2 is 1.75 bits per heavy atom. The van der Waals surface area contributed by atoms with Crippen molar-refractivity contribution >= 4 is 11.5 Å². The predicted octanol–water partition coefficient (Wildman–Crippen LogP) is 6.78. The molecule has 1 atom stereocenters. The first kappa shape index (κ1) is 19.9. The van der Waals surface area contributed by atoms with Crippen LogP contribution in [0.2, 0.25) is 0 Å². The summed E-state index contributed by atoms with van der Waals surface area (Å²) in [4.78, 5) is 10.7. The number of carboxylic acid groups (broad SMARTS) is 1. The lowest BCUT2D eigenvalue weighted by atomic mass is 9.79. The largest absolute Gasteiger partial charge is 0.478 e. The van der Waals surface area contributed by atoms with Crippen LogP contribution in [0.15, 0.2) is 90.0 Å². The number of hydrogen-bond acceptors (Lipinski definition) is 1. The first-order chi connectivity index (χ1) is 13.6. The second-order valence-electron chi connectivity index (χ2n) is 7.47. The molecular formula is C26H28O2. The molecule has 0 aliphatic heterocycles. The topological polar surface area (TPSA) is 37.3 Å². The van der Waals surface area contributed by atoms with Crippen molar-refractivity contribution in [2.24, 2.45) is 0 Å². The van der Waals surface area contributed by atoms with E-state index in [2.05, 4.69) is 67.6 Å². The summed E-state index contributed by atoms with van der Waals surface area (Å²) in [5, 5.41) is 8.82. The Morgan fingerprint density at radius 1 is 1.07 bits per heavy atom. The van der Waals surface area contributed by atoms with Crippen molar-refractivity contribution in [3.63, 3.8) is 0 Å². The van der Waals surface area contributed by atoms with E-state index in [1.165, 1.54) is 40.3 Å². The maximum Gasteiger partial charge on any atom is 0.327 e. The number of allylic oxidation sites excluding steroid dienone is 5. The summed E-state index contributed by atoms with van der Waals surface area (Å²) in [6.07, 6.45) is 10.3. The third kappa shape index (κ3) is 5.56. The van der Waals surface area contributed by atoms with E-state index in [0.717, 1.165) is 25.7 Å². The molecule has 3 rings (SSSR count). The average molecular weight is 373 g/mol. The Balaban J connectivity index is 1.84. The minimum Gasteiger partial charge on any atom is -0.478 e. The fourth-order valence-electron chi connectivity index (χ4n) is 3.87. The molecule has 144 valence electrons. The molecule has 0 saturated carbocycles. The van der Waals surface area contributed by atoms with Gasteiger partial charge in [-0.1, -0.05) is 78.4 Å². The minimum atomic E-state index is -0.887. The number of carboxylic acids is 1. The highest BCUT2D eigenvalue weighted by Gasteiger charge is 2.19. The summed E-state index contributed by atoms with van der Waals surface area (Å²) in [5.74, 6) is -0.318. The van der Waals surface area contributed by atoms with Crippen LogP contribution in [-0.4, -0.2) is 11.1 Å². The molecule has 28 heavy (non-hydrogen) atoms. The average Bonchev–Trinajstić information content (AvgIpc) is 2.72. The minimum absolute atomic E-state index is 0.570. The fourth-order valence-corrected chi connectivity index (χ4v) is 3.87. The maximum atomic E-state index is 10.7. The van der Waals surface area contributed by atoms with Crippen LogP contribution in [0.1, 0.15) is 56.1 Å². The molecule has 0 radical (unpaired) electrons. The molecule has 2 heteroatoms. The molecule has 2 aromatic rings. The normalized spacial score (nSPS) is 17.9. The van der Waals surface area contributed by atoms with Gasteiger partial charge in [-0.15, -0.1) is 0 Å². The van der Waals surface area contributed by atoms with Gasteiger partial charge < -0.3 is 5.11 Å². The van der Waals surface area contributed by atoms with Crippen LogP contribution >= 0.6 is 0 Å². The summed E-state index contributed by atoms with van der Waals surface area (Å²) >= 11 is 0. The van der Waals surface area contributed by atoms with Crippen molar-refractivity contribution in [2.45, 2.75) is 44.9 Å². The Kier molecular flexibility index (Phi) is 7.02. The van der Waals surface area contributed by atoms with Crippen LogP contribution in [0.4, 0.5) is 0 Å². The SMILES string of the molecule is CC1=C(/C=C(\CC/C=C/C(=O)O)c2ccccc2)CC(c2ccccc2)CC1. The molecule has 1 aliphatic carbocycles. The molecule has 0 bridgehead atoms. The first-order valence-electron chi connectivity index (χ1n) is 10.0. The van der Waals surface area contributed by atoms with Gasteiger partial charge in [0.05, 0.1) is 0 Å². The molecule has 0 heterocycles. The highest BCUT2D eigenvalue weighted by atomic mass is 16.4. The monoisotopic (exact) mass is 372 g/mol. The standard InChI is InChI=1S/C26H28O2/c1-20-16-17-24(22-12-6-3-7-13-22)19-25(20)18-23(14-8-9-15-26(27)28)21-10-4-2-5-11-21/h2-7,9-13,15,18,24H,8,14,16-17,19H2,1H3,(H,27,28)/b15-9+,23-18+. The van der Waals surface area contributed by atoms with Crippen LogP contribution in [0.5, 0.6) is 0 Å². The number of carbonyl (C=O) groups is 1. The lowest BCUT2D eigenvalue weighted by Crippen LogP contribution is -2.07. The van der Waals surface area contributed by atoms with Gasteiger partial charge in [0.1, 0.15) is 0 Å². The quantitative estimate of drug-likeness (QED) is 0.544. The maximum absolute atomic E-state index is 10.7. The number of benzene rings is 2. The second-order valence-corrected chi connectivity index (χ2v) is 7.47. The Hall–Kier alpha value is -2.87. The molecule has 0 saturated heterocycles. The van der Waals surface area contributed by atoms with Gasteiger partial charge >= 0.3 is 5.97 Å². The van der Waals surface area contributed by atoms with E-state index < -0.39 is 5.97 Å². The highest BCUT2D eigenvalue weighted by Crippen LogP contribution is 2.38. The molecule has 0 amide bonds. The van der Waals surface area contributed by atoms with E-state index in [-0.39, 0.29) is 0 Å². The Labute approximate surface area is 167 Å². The zero-order valence-electron chi connectivity index (χ0n) is 16.5. The first-order valence-corrected chi connectivity index (χ1v) is 10.0. The Bertz CT molecular complexity index is 873. The van der Waals surface area contributed by atoms with E-state index in [9.17, 15) is 4.79 Å². The Morgan fingerprint density at radius 3 is 2.43 bits per heavy atom. The molecule has 0 aromatic heterocycles. The lowest BCUT2D eigenvalue weighted by molar-refractivity contribution is -0.131. The third-order valence-corrected chi connectivity index (χ3v) is 5.49. The van der Waals surface area contributed by atoms with Crippen LogP contribution in [0.3, 0.4) is 0 Å². The van der Waals surface area contributed by atoms with Crippen molar-refractivity contribution in [1.29, 1.82) is 0 Å². The number of aliphatic carboxylic acids is 1. The highest BCUT2D eigenvalue weighted by molar-refractivity contribution is 5.79. The summed E-state index contributed by atoms with van der Waals surface area (Å²) in [6.45, 7) is 2.25. The number of hydrogen-bond donors (Lipinski definition) is 1. The number of rotatable bonds is 7. The van der Waals surface area contributed by atoms with E-state index in [0.29, 0.717) is 5.92 Å². The molecule has 1 N–H and O–H groups in total. The predicted molar refractivity (Wildman–Crippen MR) is 116 cm³/mol. The molecule has 1 unspecified atom stereocenters. The molecular weight excluding hydrogens is 344 g/mol. The van der Waals surface area contributed by atoms with Gasteiger partial charge in [0, 0.05) is 6.08 Å². The summed E-state index contributed by atoms with van der Waals surface area (Å²) in [5.41, 5.74) is 6.82. The van der Waals surface area contributed by atoms with Crippen LogP contribution in [-0.2, 0) is 4.79 Å². The van der Waals surface area contributed by atoms with Crippen molar-refractivity contribution in [3.05, 3.63) is 101 Å². The van der Waals surface area contributed by atoms with Gasteiger partial charge in [-0.05, 0) is 67.2 Å². The zero-order chi connectivity index (χ0) is 19.8. The molecule has 1 aliphatic rings. The zero-order valence-corrected chi connectivity index (χ0v) is 16.5. The van der Waals surface area contributed by atoms with Crippen molar-refractivity contribution in [3.8, 4) is 0 Å². The van der Waals surface area contributed by atoms with Crippen molar-refractivity contribution in [2.75, 3.05) is 0 Å². The fraction of sp³-hybridized carbons (Fsp3) is 0.269. The van der Waals surface area contributed by atoms with Crippen LogP contribution < -0.4 is 0 Å². The van der Waals surface area contributed by atoms with Gasteiger partial charge in [0.25, 0.3) is 0 Å². The second kappa shape index (κ2) is 9.89. The molecule has 2 aromatic carbocycles. The third-order valence-electron chi connectivity index (χ3n) is 5.49. The molecule has 2 nitrogen and oxygen atoms in total. The van der Waals surface area contributed by atoms with E-state index in [1.807, 2.05) is 6.07 Å². The van der Waals surface area contributed by atoms with Gasteiger partial charge in [0.2, 0.25) is 0 Å². The van der Waals surface area contributed by atoms with Crippen molar-refractivity contribution < 1.29 is 9.90 Å². The van der Waals surface area contributed by atoms with Gasteiger partial charge in [-0.2, -0.15) is 0 Å². The molecule has 0 fully saturated rings. The van der Waals surface area contributed by atoms with Gasteiger partial charge in [0.15, 0.2) is 0 Å². The lowest BCUT2D eigenvalue weighted by Gasteiger charge is -2.26. The van der Waals surface area contributed by atoms with E-state index >= 15 is 0 Å². The van der Waals surface area contributed by atoms with E-state index in [4.69, 9.17) is 5.11 Å². The summed E-state index contributed by atoms with van der Waals surface area (Å²) in [7, 11) is 0. The summed E-state index contributed by atoms with van der Waals surface area (Å²) < 4.78 is 0. The van der Waals surface area contributed by atoms with Crippen LogP contribution in [0.25, 0.3) is 5.57 Å². The van der Waals surface area contributed by atoms with E-state index in [1.54, 1.807) is 6.08 Å². The van der Waals surface area contributed by atoms with Gasteiger partial charge in [-0.3, -0.25) is 0 Å². The van der Waals surface area contributed by atoms with Gasteiger partial charge in [-0.25, -0.2) is 4.79 Å².